The van der Waals surface area contributed by atoms with E-state index >= 15 is 0 Å². The molecule has 0 saturated heterocycles. The van der Waals surface area contributed by atoms with E-state index in [1.54, 1.807) is 18.2 Å². The highest BCUT2D eigenvalue weighted by atomic mass is 35.5. The van der Waals surface area contributed by atoms with Gasteiger partial charge in [-0.3, -0.25) is 4.79 Å². The van der Waals surface area contributed by atoms with Gasteiger partial charge in [0.05, 0.1) is 5.69 Å². The van der Waals surface area contributed by atoms with Gasteiger partial charge in [0.2, 0.25) is 5.91 Å². The van der Waals surface area contributed by atoms with Gasteiger partial charge in [0.25, 0.3) is 0 Å². The molecule has 1 unspecified atom stereocenters. The predicted molar refractivity (Wildman–Crippen MR) is 75.9 cm³/mol. The molecule has 0 spiro atoms. The second-order valence-corrected chi connectivity index (χ2v) is 5.82. The fourth-order valence-corrected chi connectivity index (χ4v) is 2.17. The number of anilines is 1. The Labute approximate surface area is 118 Å². The van der Waals surface area contributed by atoms with E-state index in [0.29, 0.717) is 16.3 Å². The second-order valence-electron chi connectivity index (χ2n) is 5.38. The summed E-state index contributed by atoms with van der Waals surface area (Å²) < 4.78 is 0. The zero-order chi connectivity index (χ0) is 14.0. The van der Waals surface area contributed by atoms with E-state index in [2.05, 4.69) is 31.0 Å². The van der Waals surface area contributed by atoms with E-state index in [-0.39, 0.29) is 23.8 Å². The third-order valence-electron chi connectivity index (χ3n) is 3.37. The lowest BCUT2D eigenvalue weighted by Gasteiger charge is -2.09. The molecule has 1 aromatic rings. The molecule has 1 saturated carbocycles. The van der Waals surface area contributed by atoms with Gasteiger partial charge < -0.3 is 10.4 Å². The van der Waals surface area contributed by atoms with E-state index in [4.69, 9.17) is 16.7 Å². The summed E-state index contributed by atoms with van der Waals surface area (Å²) in [6.07, 6.45) is 0.900. The van der Waals surface area contributed by atoms with Gasteiger partial charge in [-0.2, -0.15) is 0 Å². The summed E-state index contributed by atoms with van der Waals surface area (Å²) in [5, 5.41) is 12.1. The van der Waals surface area contributed by atoms with Crippen LogP contribution in [0.15, 0.2) is 18.2 Å². The van der Waals surface area contributed by atoms with E-state index in [9.17, 15) is 4.79 Å². The Morgan fingerprint density at radius 2 is 2.26 bits per heavy atom. The van der Waals surface area contributed by atoms with Gasteiger partial charge in [-0.1, -0.05) is 37.3 Å². The van der Waals surface area contributed by atoms with Crippen LogP contribution in [0.25, 0.3) is 0 Å². The van der Waals surface area contributed by atoms with Crippen molar-refractivity contribution in [2.24, 2.45) is 11.3 Å². The van der Waals surface area contributed by atoms with Crippen LogP contribution < -0.4 is 5.32 Å². The number of hydrogen-bond donors (Lipinski definition) is 2. The number of aliphatic hydroxyl groups is 1. The molecule has 1 atom stereocenters. The van der Waals surface area contributed by atoms with Crippen LogP contribution in [0.1, 0.15) is 25.8 Å². The smallest absolute Gasteiger partial charge is 0.228 e. The van der Waals surface area contributed by atoms with Gasteiger partial charge in [0.15, 0.2) is 0 Å². The molecular formula is C15H16ClNO2. The largest absolute Gasteiger partial charge is 0.384 e. The van der Waals surface area contributed by atoms with Crippen molar-refractivity contribution in [3.63, 3.8) is 0 Å². The third-order valence-corrected chi connectivity index (χ3v) is 3.61. The second kappa shape index (κ2) is 5.24. The summed E-state index contributed by atoms with van der Waals surface area (Å²) in [7, 11) is 0. The van der Waals surface area contributed by atoms with Crippen LogP contribution in [-0.4, -0.2) is 17.6 Å². The number of amides is 1. The van der Waals surface area contributed by atoms with Crippen molar-refractivity contribution in [2.45, 2.75) is 20.3 Å². The summed E-state index contributed by atoms with van der Waals surface area (Å²) in [6, 6.07) is 5.12. The van der Waals surface area contributed by atoms with Crippen LogP contribution >= 0.6 is 11.6 Å². The van der Waals surface area contributed by atoms with Gasteiger partial charge in [-0.15, -0.1) is 0 Å². The van der Waals surface area contributed by atoms with Gasteiger partial charge in [0.1, 0.15) is 6.61 Å². The quantitative estimate of drug-likeness (QED) is 0.817. The van der Waals surface area contributed by atoms with Gasteiger partial charge in [-0.25, -0.2) is 0 Å². The maximum atomic E-state index is 12.1. The van der Waals surface area contributed by atoms with Crippen LogP contribution in [0.3, 0.4) is 0 Å². The fourth-order valence-electron chi connectivity index (χ4n) is 2.00. The first-order valence-electron chi connectivity index (χ1n) is 6.14. The number of halogens is 1. The van der Waals surface area contributed by atoms with Gasteiger partial charge in [0, 0.05) is 16.5 Å². The minimum Gasteiger partial charge on any atom is -0.384 e. The molecule has 1 fully saturated rings. The van der Waals surface area contributed by atoms with Crippen molar-refractivity contribution in [2.75, 3.05) is 11.9 Å². The highest BCUT2D eigenvalue weighted by Gasteiger charge is 2.50. The van der Waals surface area contributed by atoms with Crippen LogP contribution in [-0.2, 0) is 4.79 Å². The maximum Gasteiger partial charge on any atom is 0.228 e. The number of carbonyl (C=O) groups is 1. The Bertz CT molecular complexity index is 569. The molecule has 2 rings (SSSR count). The molecule has 0 radical (unpaired) electrons. The topological polar surface area (TPSA) is 49.3 Å². The van der Waals surface area contributed by atoms with Crippen LogP contribution in [0.5, 0.6) is 0 Å². The number of nitrogens with one attached hydrogen (secondary N) is 1. The summed E-state index contributed by atoms with van der Waals surface area (Å²) in [5.74, 6) is 5.42. The summed E-state index contributed by atoms with van der Waals surface area (Å²) in [6.45, 7) is 3.93. The number of benzene rings is 1. The van der Waals surface area contributed by atoms with Crippen LogP contribution in [0.4, 0.5) is 5.69 Å². The van der Waals surface area contributed by atoms with Gasteiger partial charge >= 0.3 is 0 Å². The first kappa shape index (κ1) is 13.9. The van der Waals surface area contributed by atoms with Crippen molar-refractivity contribution in [3.05, 3.63) is 28.8 Å². The number of carbonyl (C=O) groups excluding carboxylic acids is 1. The first-order valence-corrected chi connectivity index (χ1v) is 6.52. The van der Waals surface area contributed by atoms with Crippen LogP contribution in [0.2, 0.25) is 5.02 Å². The molecule has 4 heteroatoms. The first-order chi connectivity index (χ1) is 8.94. The predicted octanol–water partition coefficient (Wildman–Crippen LogP) is 2.67. The van der Waals surface area contributed by atoms with E-state index < -0.39 is 0 Å². The van der Waals surface area contributed by atoms with Crippen molar-refractivity contribution in [1.82, 2.24) is 0 Å². The Morgan fingerprint density at radius 1 is 1.58 bits per heavy atom. The number of aliphatic hydroxyl groups excluding tert-OH is 1. The average molecular weight is 278 g/mol. The SMILES string of the molecule is CC1(C)CC1C(=O)Nc1cc(Cl)ccc1C#CCO. The fraction of sp³-hybridized carbons (Fsp3) is 0.400. The monoisotopic (exact) mass is 277 g/mol. The third kappa shape index (κ3) is 3.28. The molecule has 2 N–H and O–H groups in total. The number of rotatable bonds is 2. The molecule has 3 nitrogen and oxygen atoms in total. The Kier molecular flexibility index (Phi) is 3.84. The molecule has 19 heavy (non-hydrogen) atoms. The Balaban J connectivity index is 2.19. The molecule has 0 aliphatic heterocycles. The molecule has 1 aliphatic carbocycles. The van der Waals surface area contributed by atoms with Crippen molar-refractivity contribution in [1.29, 1.82) is 0 Å². The molecular weight excluding hydrogens is 262 g/mol. The zero-order valence-electron chi connectivity index (χ0n) is 11.0. The number of hydrogen-bond acceptors (Lipinski definition) is 2. The molecule has 1 aliphatic rings. The standard InChI is InChI=1S/C15H16ClNO2/c1-15(2)9-12(15)14(19)17-13-8-11(16)6-5-10(13)4-3-7-18/h5-6,8,12,18H,7,9H2,1-2H3,(H,17,19). The lowest BCUT2D eigenvalue weighted by molar-refractivity contribution is -0.118. The molecule has 1 aromatic carbocycles. The normalized spacial score (nSPS) is 19.3. The molecule has 0 heterocycles. The van der Waals surface area contributed by atoms with Gasteiger partial charge in [-0.05, 0) is 30.0 Å². The minimum absolute atomic E-state index is 0.000634. The molecule has 1 amide bonds. The zero-order valence-corrected chi connectivity index (χ0v) is 11.7. The highest BCUT2D eigenvalue weighted by molar-refractivity contribution is 6.31. The molecule has 100 valence electrons. The summed E-state index contributed by atoms with van der Waals surface area (Å²) >= 11 is 5.94. The molecule has 0 aromatic heterocycles. The lowest BCUT2D eigenvalue weighted by atomic mass is 10.1. The van der Waals surface area contributed by atoms with E-state index in [1.165, 1.54) is 0 Å². The lowest BCUT2D eigenvalue weighted by Crippen LogP contribution is -2.17. The van der Waals surface area contributed by atoms with Crippen molar-refractivity contribution < 1.29 is 9.90 Å². The van der Waals surface area contributed by atoms with E-state index in [1.807, 2.05) is 0 Å². The summed E-state index contributed by atoms with van der Waals surface area (Å²) in [4.78, 5) is 12.1. The Morgan fingerprint density at radius 3 is 2.84 bits per heavy atom. The minimum atomic E-state index is -0.217. The molecule has 0 bridgehead atoms. The highest BCUT2D eigenvalue weighted by Crippen LogP contribution is 2.52. The maximum absolute atomic E-state index is 12.1. The average Bonchev–Trinajstić information content (AvgIpc) is 2.98. The van der Waals surface area contributed by atoms with Crippen LogP contribution in [0, 0.1) is 23.2 Å². The van der Waals surface area contributed by atoms with Crippen molar-refractivity contribution >= 4 is 23.2 Å². The van der Waals surface area contributed by atoms with E-state index in [0.717, 1.165) is 6.42 Å². The summed E-state index contributed by atoms with van der Waals surface area (Å²) in [5.41, 5.74) is 1.34. The Hall–Kier alpha value is -1.50. The van der Waals surface area contributed by atoms with Crippen molar-refractivity contribution in [3.8, 4) is 11.8 Å².